The van der Waals surface area contributed by atoms with E-state index >= 15 is 0 Å². The molecule has 98 valence electrons. The van der Waals surface area contributed by atoms with Crippen molar-refractivity contribution >= 4 is 11.7 Å². The number of rotatable bonds is 4. The number of amides is 1. The van der Waals surface area contributed by atoms with E-state index in [0.29, 0.717) is 18.2 Å². The summed E-state index contributed by atoms with van der Waals surface area (Å²) < 4.78 is 5.68. The first-order valence-electron chi connectivity index (χ1n) is 6.04. The maximum Gasteiger partial charge on any atom is 0.224 e. The number of anilines is 1. The molecule has 4 heteroatoms. The van der Waals surface area contributed by atoms with Crippen molar-refractivity contribution in [2.24, 2.45) is 0 Å². The zero-order valence-electron chi connectivity index (χ0n) is 11.0. The number of ether oxygens (including phenoxy) is 1. The Labute approximate surface area is 112 Å². The van der Waals surface area contributed by atoms with Crippen LogP contribution in [0, 0.1) is 0 Å². The van der Waals surface area contributed by atoms with Crippen molar-refractivity contribution in [3.05, 3.63) is 54.2 Å². The third-order valence-electron chi connectivity index (χ3n) is 2.78. The normalized spacial score (nSPS) is 10.0. The first kappa shape index (κ1) is 13.1. The lowest BCUT2D eigenvalue weighted by atomic mass is 10.2. The van der Waals surface area contributed by atoms with Crippen LogP contribution in [0.1, 0.15) is 12.5 Å². The fourth-order valence-electron chi connectivity index (χ4n) is 1.58. The summed E-state index contributed by atoms with van der Waals surface area (Å²) in [6.07, 6.45) is 1.63. The summed E-state index contributed by atoms with van der Waals surface area (Å²) in [4.78, 5) is 16.9. The van der Waals surface area contributed by atoms with E-state index in [-0.39, 0.29) is 5.91 Å². The van der Waals surface area contributed by atoms with E-state index in [1.165, 1.54) is 11.8 Å². The topological polar surface area (TPSA) is 42.4 Å². The third kappa shape index (κ3) is 3.55. The van der Waals surface area contributed by atoms with E-state index in [9.17, 15) is 4.79 Å². The minimum atomic E-state index is -0.0623. The summed E-state index contributed by atoms with van der Waals surface area (Å²) in [5.74, 6) is 1.22. The molecule has 1 heterocycles. The molecule has 4 nitrogen and oxygen atoms in total. The number of pyridine rings is 1. The van der Waals surface area contributed by atoms with Crippen molar-refractivity contribution in [1.82, 2.24) is 4.98 Å². The summed E-state index contributed by atoms with van der Waals surface area (Å²) in [5.41, 5.74) is 1.10. The van der Waals surface area contributed by atoms with Gasteiger partial charge in [-0.1, -0.05) is 30.3 Å². The fourth-order valence-corrected chi connectivity index (χ4v) is 1.58. The van der Waals surface area contributed by atoms with Gasteiger partial charge < -0.3 is 9.64 Å². The van der Waals surface area contributed by atoms with Crippen molar-refractivity contribution in [2.75, 3.05) is 11.9 Å². The van der Waals surface area contributed by atoms with E-state index in [2.05, 4.69) is 4.98 Å². The number of carbonyl (C=O) groups excluding carboxylic acids is 1. The molecule has 0 fully saturated rings. The van der Waals surface area contributed by atoms with Gasteiger partial charge in [-0.2, -0.15) is 0 Å². The summed E-state index contributed by atoms with van der Waals surface area (Å²) in [6, 6.07) is 13.5. The van der Waals surface area contributed by atoms with E-state index in [1.807, 2.05) is 30.3 Å². The van der Waals surface area contributed by atoms with Crippen LogP contribution in [-0.2, 0) is 11.4 Å². The highest BCUT2D eigenvalue weighted by Crippen LogP contribution is 2.18. The molecule has 1 aromatic heterocycles. The molecule has 0 atom stereocenters. The molecule has 2 aromatic rings. The van der Waals surface area contributed by atoms with Crippen molar-refractivity contribution in [3.63, 3.8) is 0 Å². The lowest BCUT2D eigenvalue weighted by Gasteiger charge is -2.14. The van der Waals surface area contributed by atoms with Gasteiger partial charge in [0.25, 0.3) is 0 Å². The molecule has 0 saturated heterocycles. The van der Waals surface area contributed by atoms with E-state index in [1.54, 1.807) is 25.4 Å². The second kappa shape index (κ2) is 6.00. The van der Waals surface area contributed by atoms with Gasteiger partial charge in [0.1, 0.15) is 18.2 Å². The van der Waals surface area contributed by atoms with Crippen molar-refractivity contribution in [3.8, 4) is 5.75 Å². The van der Waals surface area contributed by atoms with Crippen LogP contribution in [0.2, 0.25) is 0 Å². The van der Waals surface area contributed by atoms with Crippen LogP contribution in [0.3, 0.4) is 0 Å². The van der Waals surface area contributed by atoms with Gasteiger partial charge >= 0.3 is 0 Å². The summed E-state index contributed by atoms with van der Waals surface area (Å²) >= 11 is 0. The highest BCUT2D eigenvalue weighted by atomic mass is 16.5. The standard InChI is InChI=1S/C15H16N2O2/c1-12(18)17(2)15-10-14(8-9-16-15)19-11-13-6-4-3-5-7-13/h3-10H,11H2,1-2H3. The quantitative estimate of drug-likeness (QED) is 0.844. The van der Waals surface area contributed by atoms with Crippen LogP contribution in [0.4, 0.5) is 5.82 Å². The van der Waals surface area contributed by atoms with Crippen LogP contribution in [0.15, 0.2) is 48.7 Å². The largest absolute Gasteiger partial charge is 0.489 e. The molecular formula is C15H16N2O2. The number of carbonyl (C=O) groups is 1. The Morgan fingerprint density at radius 3 is 2.68 bits per heavy atom. The van der Waals surface area contributed by atoms with Gasteiger partial charge in [0, 0.05) is 26.2 Å². The zero-order valence-corrected chi connectivity index (χ0v) is 11.0. The van der Waals surface area contributed by atoms with Crippen molar-refractivity contribution in [1.29, 1.82) is 0 Å². The lowest BCUT2D eigenvalue weighted by molar-refractivity contribution is -0.116. The van der Waals surface area contributed by atoms with Gasteiger partial charge in [-0.15, -0.1) is 0 Å². The Morgan fingerprint density at radius 1 is 1.26 bits per heavy atom. The molecular weight excluding hydrogens is 240 g/mol. The average molecular weight is 256 g/mol. The van der Waals surface area contributed by atoms with Gasteiger partial charge in [-0.05, 0) is 11.6 Å². The maximum atomic E-state index is 11.3. The highest BCUT2D eigenvalue weighted by molar-refractivity contribution is 5.89. The Kier molecular flexibility index (Phi) is 4.13. The molecule has 0 saturated carbocycles. The first-order chi connectivity index (χ1) is 9.16. The van der Waals surface area contributed by atoms with Crippen LogP contribution < -0.4 is 9.64 Å². The molecule has 0 spiro atoms. The van der Waals surface area contributed by atoms with Gasteiger partial charge in [-0.25, -0.2) is 4.98 Å². The fraction of sp³-hybridized carbons (Fsp3) is 0.200. The van der Waals surface area contributed by atoms with E-state index < -0.39 is 0 Å². The predicted octanol–water partition coefficient (Wildman–Crippen LogP) is 2.64. The molecule has 0 bridgehead atoms. The highest BCUT2D eigenvalue weighted by Gasteiger charge is 2.07. The summed E-state index contributed by atoms with van der Waals surface area (Å²) in [6.45, 7) is 1.99. The predicted molar refractivity (Wildman–Crippen MR) is 74.1 cm³/mol. The van der Waals surface area contributed by atoms with Crippen molar-refractivity contribution < 1.29 is 9.53 Å². The molecule has 0 radical (unpaired) electrons. The SMILES string of the molecule is CC(=O)N(C)c1cc(OCc2ccccc2)ccn1. The number of hydrogen-bond donors (Lipinski definition) is 0. The molecule has 1 aromatic carbocycles. The van der Waals surface area contributed by atoms with Gasteiger partial charge in [0.05, 0.1) is 0 Å². The lowest BCUT2D eigenvalue weighted by Crippen LogP contribution is -2.23. The Morgan fingerprint density at radius 2 is 2.00 bits per heavy atom. The molecule has 19 heavy (non-hydrogen) atoms. The number of nitrogens with zero attached hydrogens (tertiary/aromatic N) is 2. The van der Waals surface area contributed by atoms with Crippen LogP contribution in [-0.4, -0.2) is 17.9 Å². The second-order valence-corrected chi connectivity index (χ2v) is 4.20. The first-order valence-corrected chi connectivity index (χ1v) is 6.04. The van der Waals surface area contributed by atoms with Gasteiger partial charge in [-0.3, -0.25) is 4.79 Å². The summed E-state index contributed by atoms with van der Waals surface area (Å²) in [5, 5.41) is 0. The molecule has 1 amide bonds. The maximum absolute atomic E-state index is 11.3. The molecule has 0 N–H and O–H groups in total. The minimum Gasteiger partial charge on any atom is -0.489 e. The van der Waals surface area contributed by atoms with Gasteiger partial charge in [0.2, 0.25) is 5.91 Å². The Balaban J connectivity index is 2.05. The molecule has 0 unspecified atom stereocenters. The van der Waals surface area contributed by atoms with Crippen molar-refractivity contribution in [2.45, 2.75) is 13.5 Å². The van der Waals surface area contributed by atoms with Crippen LogP contribution in [0.5, 0.6) is 5.75 Å². The Hall–Kier alpha value is -2.36. The average Bonchev–Trinajstić information content (AvgIpc) is 2.45. The minimum absolute atomic E-state index is 0.0623. The number of aromatic nitrogens is 1. The van der Waals surface area contributed by atoms with E-state index in [4.69, 9.17) is 4.74 Å². The number of benzene rings is 1. The summed E-state index contributed by atoms with van der Waals surface area (Å²) in [7, 11) is 1.69. The molecule has 2 rings (SSSR count). The Bertz CT molecular complexity index is 555. The van der Waals surface area contributed by atoms with Crippen LogP contribution >= 0.6 is 0 Å². The zero-order chi connectivity index (χ0) is 13.7. The monoisotopic (exact) mass is 256 g/mol. The molecule has 0 aliphatic carbocycles. The smallest absolute Gasteiger partial charge is 0.224 e. The number of hydrogen-bond acceptors (Lipinski definition) is 3. The third-order valence-corrected chi connectivity index (χ3v) is 2.78. The van der Waals surface area contributed by atoms with E-state index in [0.717, 1.165) is 5.56 Å². The molecule has 0 aliphatic heterocycles. The molecule has 0 aliphatic rings. The van der Waals surface area contributed by atoms with Gasteiger partial charge in [0.15, 0.2) is 0 Å². The second-order valence-electron chi connectivity index (χ2n) is 4.20. The van der Waals surface area contributed by atoms with Crippen LogP contribution in [0.25, 0.3) is 0 Å².